The highest BCUT2D eigenvalue weighted by Gasteiger charge is 2.41. The zero-order valence-electron chi connectivity index (χ0n) is 6.54. The van der Waals surface area contributed by atoms with Gasteiger partial charge in [-0.15, -0.1) is 0 Å². The number of rotatable bonds is 0. The third-order valence-corrected chi connectivity index (χ3v) is 0. The fourth-order valence-electron chi connectivity index (χ4n) is 0. The molecule has 0 aromatic rings. The Kier molecular flexibility index (Phi) is 5.35. The van der Waals surface area contributed by atoms with Gasteiger partial charge in [-0.25, -0.2) is 0 Å². The molecule has 0 bridgehead atoms. The third-order valence-electron chi connectivity index (χ3n) is 0. The van der Waals surface area contributed by atoms with Crippen LogP contribution in [-0.4, -0.2) is 47.6 Å². The summed E-state index contributed by atoms with van der Waals surface area (Å²) >= 11 is -6.83. The first kappa shape index (κ1) is 12.9. The van der Waals surface area contributed by atoms with Gasteiger partial charge in [-0.1, -0.05) is 0 Å². The highest BCUT2D eigenvalue weighted by Crippen LogP contribution is 2.06. The van der Waals surface area contributed by atoms with E-state index in [1.165, 1.54) is 0 Å². The number of hydrogen-bond acceptors (Lipinski definition) is 0. The lowest BCUT2D eigenvalue weighted by Gasteiger charge is -2.14. The molecule has 0 atom stereocenters. The van der Waals surface area contributed by atoms with Crippen molar-refractivity contribution in [3.8, 4) is 0 Å². The summed E-state index contributed by atoms with van der Waals surface area (Å²) in [4.78, 5) is 0. The van der Waals surface area contributed by atoms with Crippen LogP contribution in [0, 0.1) is 0 Å². The molecule has 0 radical (unpaired) electrons. The van der Waals surface area contributed by atoms with Gasteiger partial charge in [0.15, 0.2) is 0 Å². The quantitative estimate of drug-likeness (QED) is 0.299. The van der Waals surface area contributed by atoms with E-state index in [0.717, 1.165) is 4.48 Å². The second-order valence-corrected chi connectivity index (χ2v) is 4.17. The van der Waals surface area contributed by atoms with E-state index in [9.17, 15) is 14.1 Å². The van der Waals surface area contributed by atoms with Gasteiger partial charge in [0.1, 0.15) is 0 Å². The van der Waals surface area contributed by atoms with E-state index in [-0.39, 0.29) is 0 Å². The van der Waals surface area contributed by atoms with E-state index < -0.39 is 14.9 Å². The SMILES string of the molecule is C[N+](C)(C)C.[F][Al-]([F])([F])[F]. The molecule has 0 aromatic carbocycles. The monoisotopic (exact) mass is 177 g/mol. The van der Waals surface area contributed by atoms with Crippen molar-refractivity contribution in [2.75, 3.05) is 28.2 Å². The van der Waals surface area contributed by atoms with Crippen LogP contribution in [0.4, 0.5) is 14.1 Å². The van der Waals surface area contributed by atoms with Gasteiger partial charge in [-0.2, -0.15) is 0 Å². The Bertz CT molecular complexity index is 60.2. The van der Waals surface area contributed by atoms with Crippen molar-refractivity contribution in [2.45, 2.75) is 0 Å². The molecule has 0 rings (SSSR count). The number of halogens is 4. The molecule has 10 heavy (non-hydrogen) atoms. The zero-order chi connectivity index (χ0) is 9.00. The van der Waals surface area contributed by atoms with Crippen LogP contribution in [0.25, 0.3) is 0 Å². The molecule has 0 N–H and O–H groups in total. The lowest BCUT2D eigenvalue weighted by Crippen LogP contribution is -2.27. The summed E-state index contributed by atoms with van der Waals surface area (Å²) in [6.45, 7) is 0. The lowest BCUT2D eigenvalue weighted by atomic mass is 10.8. The van der Waals surface area contributed by atoms with Crippen molar-refractivity contribution in [1.82, 2.24) is 0 Å². The predicted molar refractivity (Wildman–Crippen MR) is 34.1 cm³/mol. The van der Waals surface area contributed by atoms with Crippen LogP contribution in [0.5, 0.6) is 0 Å². The van der Waals surface area contributed by atoms with Crippen LogP contribution in [-0.2, 0) is 0 Å². The van der Waals surface area contributed by atoms with Crippen LogP contribution in [0.3, 0.4) is 0 Å². The largest absolute Gasteiger partial charge is 1.04 e. The Morgan fingerprint density at radius 1 is 0.800 bits per heavy atom. The highest BCUT2D eigenvalue weighted by molar-refractivity contribution is 6.50. The normalized spacial score (nSPS) is 12.0. The molecule has 0 aliphatic heterocycles. The molecule has 0 spiro atoms. The van der Waals surface area contributed by atoms with Crippen molar-refractivity contribution in [1.29, 1.82) is 0 Å². The Hall–Kier alpha value is 0.212. The van der Waals surface area contributed by atoms with Gasteiger partial charge >= 0.3 is 14.9 Å². The maximum Gasteiger partial charge on any atom is 1.04 e. The molecule has 64 valence electrons. The molecule has 0 amide bonds. The van der Waals surface area contributed by atoms with Crippen LogP contribution < -0.4 is 0 Å². The molecule has 0 aliphatic carbocycles. The first-order valence-corrected chi connectivity index (χ1v) is 4.41. The predicted octanol–water partition coefficient (Wildman–Crippen LogP) is 1.62. The topological polar surface area (TPSA) is 0 Å². The molecule has 0 saturated heterocycles. The van der Waals surface area contributed by atoms with E-state index in [1.807, 2.05) is 0 Å². The van der Waals surface area contributed by atoms with Gasteiger partial charge in [0.2, 0.25) is 0 Å². The highest BCUT2D eigenvalue weighted by atomic mass is 27.5. The van der Waals surface area contributed by atoms with Crippen molar-refractivity contribution in [3.63, 3.8) is 0 Å². The van der Waals surface area contributed by atoms with Crippen LogP contribution >= 0.6 is 0 Å². The second-order valence-electron chi connectivity index (χ2n) is 3.18. The fraction of sp³-hybridized carbons (Fsp3) is 1.00. The molecule has 0 aromatic heterocycles. The Morgan fingerprint density at radius 3 is 0.800 bits per heavy atom. The molecular formula is C4H12AlF4N. The fourth-order valence-corrected chi connectivity index (χ4v) is 0. The standard InChI is InChI=1S/C4H12N.Al.4FH/c1-5(2,3)4;;;;;/h1-4H3;;4*1H/q+1;+3;;;;/p-4. The van der Waals surface area contributed by atoms with Crippen LogP contribution in [0.15, 0.2) is 0 Å². The van der Waals surface area contributed by atoms with Crippen molar-refractivity contribution in [2.24, 2.45) is 0 Å². The second kappa shape index (κ2) is 4.17. The lowest BCUT2D eigenvalue weighted by molar-refractivity contribution is -0.849. The van der Waals surface area contributed by atoms with Gasteiger partial charge < -0.3 is 18.6 Å². The molecule has 0 saturated carbocycles. The van der Waals surface area contributed by atoms with E-state index in [1.54, 1.807) is 0 Å². The molecular weight excluding hydrogens is 165 g/mol. The minimum absolute atomic E-state index is 1.00. The summed E-state index contributed by atoms with van der Waals surface area (Å²) in [7, 11) is 8.50. The summed E-state index contributed by atoms with van der Waals surface area (Å²) < 4.78 is 40.4. The van der Waals surface area contributed by atoms with E-state index in [4.69, 9.17) is 0 Å². The number of nitrogens with zero attached hydrogens (tertiary/aromatic N) is 1. The zero-order valence-corrected chi connectivity index (χ0v) is 7.69. The summed E-state index contributed by atoms with van der Waals surface area (Å²) in [5.41, 5.74) is 0. The van der Waals surface area contributed by atoms with Gasteiger partial charge in [-0.05, 0) is 0 Å². The maximum absolute atomic E-state index is 9.85. The Balaban J connectivity index is 0. The molecule has 0 fully saturated rings. The van der Waals surface area contributed by atoms with Crippen molar-refractivity contribution in [3.05, 3.63) is 0 Å². The van der Waals surface area contributed by atoms with E-state index >= 15 is 0 Å². The smallest absolute Gasteiger partial charge is 0.510 e. The first-order chi connectivity index (χ1) is 4.00. The Labute approximate surface area is 62.4 Å². The number of quaternary nitrogens is 1. The molecule has 0 unspecified atom stereocenters. The van der Waals surface area contributed by atoms with Crippen LogP contribution in [0.1, 0.15) is 0 Å². The van der Waals surface area contributed by atoms with Gasteiger partial charge in [0.25, 0.3) is 0 Å². The summed E-state index contributed by atoms with van der Waals surface area (Å²) in [6.07, 6.45) is 0. The van der Waals surface area contributed by atoms with Gasteiger partial charge in [0.05, 0.1) is 28.2 Å². The minimum Gasteiger partial charge on any atom is -0.510 e. The molecule has 6 heteroatoms. The summed E-state index contributed by atoms with van der Waals surface area (Å²) in [5.74, 6) is 0. The molecule has 1 nitrogen and oxygen atoms in total. The van der Waals surface area contributed by atoms with Crippen LogP contribution in [0.2, 0.25) is 0 Å². The molecule has 0 aliphatic rings. The third kappa shape index (κ3) is 9460. The maximum atomic E-state index is 9.85. The minimum atomic E-state index is -6.83. The summed E-state index contributed by atoms with van der Waals surface area (Å²) in [6, 6.07) is 0. The average Bonchev–Trinajstić information content (AvgIpc) is 1.12. The Morgan fingerprint density at radius 2 is 0.800 bits per heavy atom. The van der Waals surface area contributed by atoms with Gasteiger partial charge in [-0.3, -0.25) is 0 Å². The van der Waals surface area contributed by atoms with E-state index in [0.29, 0.717) is 0 Å². The molecule has 0 heterocycles. The number of hydrogen-bond donors (Lipinski definition) is 0. The average molecular weight is 177 g/mol. The van der Waals surface area contributed by atoms with Crippen molar-refractivity contribution < 1.29 is 18.6 Å². The first-order valence-electron chi connectivity index (χ1n) is 2.66. The van der Waals surface area contributed by atoms with Gasteiger partial charge in [0, 0.05) is 0 Å². The van der Waals surface area contributed by atoms with Crippen molar-refractivity contribution >= 4 is 14.9 Å². The summed E-state index contributed by atoms with van der Waals surface area (Å²) in [5, 5.41) is 0. The van der Waals surface area contributed by atoms with E-state index in [2.05, 4.69) is 28.2 Å².